The lowest BCUT2D eigenvalue weighted by atomic mass is 9.99. The van der Waals surface area contributed by atoms with Crippen molar-refractivity contribution in [2.24, 2.45) is 0 Å². The SMILES string of the molecule is CC(O)C(O)Cc1cc(O)ccc1C(=O)O. The second-order valence-electron chi connectivity index (χ2n) is 3.66. The van der Waals surface area contributed by atoms with E-state index in [1.807, 2.05) is 0 Å². The van der Waals surface area contributed by atoms with E-state index in [9.17, 15) is 15.0 Å². The molecule has 5 nitrogen and oxygen atoms in total. The van der Waals surface area contributed by atoms with Gasteiger partial charge in [-0.05, 0) is 30.7 Å². The van der Waals surface area contributed by atoms with Crippen LogP contribution in [0.15, 0.2) is 18.2 Å². The average molecular weight is 226 g/mol. The third-order valence-electron chi connectivity index (χ3n) is 2.31. The minimum Gasteiger partial charge on any atom is -0.508 e. The minimum atomic E-state index is -1.13. The molecule has 0 aromatic heterocycles. The summed E-state index contributed by atoms with van der Waals surface area (Å²) in [4.78, 5) is 10.9. The predicted octanol–water partition coefficient (Wildman–Crippen LogP) is 0.375. The van der Waals surface area contributed by atoms with Crippen molar-refractivity contribution in [2.45, 2.75) is 25.6 Å². The molecule has 2 unspecified atom stereocenters. The molecule has 1 aromatic carbocycles. The zero-order valence-electron chi connectivity index (χ0n) is 8.79. The van der Waals surface area contributed by atoms with Crippen LogP contribution in [0.1, 0.15) is 22.8 Å². The lowest BCUT2D eigenvalue weighted by Crippen LogP contribution is -2.25. The van der Waals surface area contributed by atoms with Crippen LogP contribution in [0.4, 0.5) is 0 Å². The molecule has 0 radical (unpaired) electrons. The Morgan fingerprint density at radius 2 is 2.00 bits per heavy atom. The van der Waals surface area contributed by atoms with E-state index in [0.29, 0.717) is 5.56 Å². The molecule has 0 aliphatic carbocycles. The molecule has 0 saturated carbocycles. The minimum absolute atomic E-state index is 0.0116. The number of benzene rings is 1. The molecule has 1 aromatic rings. The van der Waals surface area contributed by atoms with Gasteiger partial charge in [0.1, 0.15) is 5.75 Å². The van der Waals surface area contributed by atoms with Crippen molar-refractivity contribution in [1.82, 2.24) is 0 Å². The van der Waals surface area contributed by atoms with E-state index >= 15 is 0 Å². The first-order valence-electron chi connectivity index (χ1n) is 4.83. The van der Waals surface area contributed by atoms with Crippen LogP contribution in [-0.4, -0.2) is 38.6 Å². The van der Waals surface area contributed by atoms with Gasteiger partial charge >= 0.3 is 5.97 Å². The molecular formula is C11H14O5. The summed E-state index contributed by atoms with van der Waals surface area (Å²) in [5.41, 5.74) is 0.304. The predicted molar refractivity (Wildman–Crippen MR) is 56.5 cm³/mol. The van der Waals surface area contributed by atoms with Crippen LogP contribution in [0.5, 0.6) is 5.75 Å². The number of phenols is 1. The Kier molecular flexibility index (Phi) is 3.87. The topological polar surface area (TPSA) is 98.0 Å². The van der Waals surface area contributed by atoms with Gasteiger partial charge < -0.3 is 20.4 Å². The lowest BCUT2D eigenvalue weighted by molar-refractivity contribution is 0.0316. The van der Waals surface area contributed by atoms with E-state index in [1.54, 1.807) is 0 Å². The second kappa shape index (κ2) is 4.96. The van der Waals surface area contributed by atoms with E-state index in [0.717, 1.165) is 0 Å². The number of aromatic hydroxyl groups is 1. The zero-order chi connectivity index (χ0) is 12.3. The molecule has 0 saturated heterocycles. The van der Waals surface area contributed by atoms with Gasteiger partial charge in [0.05, 0.1) is 17.8 Å². The summed E-state index contributed by atoms with van der Waals surface area (Å²) < 4.78 is 0. The first kappa shape index (κ1) is 12.5. The van der Waals surface area contributed by atoms with Gasteiger partial charge in [-0.2, -0.15) is 0 Å². The van der Waals surface area contributed by atoms with Crippen molar-refractivity contribution >= 4 is 5.97 Å². The van der Waals surface area contributed by atoms with Crippen molar-refractivity contribution in [1.29, 1.82) is 0 Å². The van der Waals surface area contributed by atoms with Crippen LogP contribution in [0.2, 0.25) is 0 Å². The van der Waals surface area contributed by atoms with Gasteiger partial charge in [0.25, 0.3) is 0 Å². The van der Waals surface area contributed by atoms with Crippen LogP contribution < -0.4 is 0 Å². The molecule has 88 valence electrons. The standard InChI is InChI=1S/C11H14O5/c1-6(12)10(14)5-7-4-8(13)2-3-9(7)11(15)16/h2-4,6,10,12-14H,5H2,1H3,(H,15,16). The Labute approximate surface area is 92.6 Å². The lowest BCUT2D eigenvalue weighted by Gasteiger charge is -2.15. The van der Waals surface area contributed by atoms with Gasteiger partial charge in [-0.15, -0.1) is 0 Å². The summed E-state index contributed by atoms with van der Waals surface area (Å²) in [7, 11) is 0. The number of carboxylic acids is 1. The van der Waals surface area contributed by atoms with Crippen molar-refractivity contribution in [3.05, 3.63) is 29.3 Å². The van der Waals surface area contributed by atoms with Gasteiger partial charge in [0.15, 0.2) is 0 Å². The molecule has 0 amide bonds. The molecule has 0 fully saturated rings. The number of rotatable bonds is 4. The fraction of sp³-hybridized carbons (Fsp3) is 0.364. The van der Waals surface area contributed by atoms with Crippen LogP contribution in [-0.2, 0) is 6.42 Å². The third-order valence-corrected chi connectivity index (χ3v) is 2.31. The first-order chi connectivity index (χ1) is 7.41. The molecule has 0 heterocycles. The van der Waals surface area contributed by atoms with Crippen molar-refractivity contribution in [3.8, 4) is 5.75 Å². The molecule has 4 N–H and O–H groups in total. The molecule has 0 bridgehead atoms. The van der Waals surface area contributed by atoms with E-state index in [4.69, 9.17) is 10.2 Å². The van der Waals surface area contributed by atoms with E-state index in [1.165, 1.54) is 25.1 Å². The number of phenolic OH excluding ortho intramolecular Hbond substituents is 1. The van der Waals surface area contributed by atoms with Gasteiger partial charge in [-0.25, -0.2) is 4.79 Å². The van der Waals surface area contributed by atoms with Crippen molar-refractivity contribution < 1.29 is 25.2 Å². The Hall–Kier alpha value is -1.59. The highest BCUT2D eigenvalue weighted by Gasteiger charge is 2.17. The molecule has 5 heteroatoms. The highest BCUT2D eigenvalue weighted by atomic mass is 16.4. The van der Waals surface area contributed by atoms with E-state index in [-0.39, 0.29) is 17.7 Å². The normalized spacial score (nSPS) is 14.4. The number of hydrogen-bond donors (Lipinski definition) is 4. The smallest absolute Gasteiger partial charge is 0.335 e. The summed E-state index contributed by atoms with van der Waals surface area (Å²) in [6, 6.07) is 3.80. The Bertz CT molecular complexity index is 386. The summed E-state index contributed by atoms with van der Waals surface area (Å²) in [5.74, 6) is -1.20. The number of hydrogen-bond acceptors (Lipinski definition) is 4. The van der Waals surface area contributed by atoms with Crippen LogP contribution in [0.3, 0.4) is 0 Å². The molecule has 1 rings (SSSR count). The Morgan fingerprint density at radius 3 is 2.50 bits per heavy atom. The van der Waals surface area contributed by atoms with Gasteiger partial charge in [0, 0.05) is 6.42 Å². The molecule has 0 aliphatic heterocycles. The highest BCUT2D eigenvalue weighted by Crippen LogP contribution is 2.19. The van der Waals surface area contributed by atoms with Gasteiger partial charge in [-0.3, -0.25) is 0 Å². The van der Waals surface area contributed by atoms with Gasteiger partial charge in [-0.1, -0.05) is 0 Å². The number of carbonyl (C=O) groups is 1. The number of aliphatic hydroxyl groups is 2. The summed E-state index contributed by atoms with van der Waals surface area (Å²) in [6.07, 6.45) is -2.03. The maximum absolute atomic E-state index is 10.9. The maximum atomic E-state index is 10.9. The molecule has 0 spiro atoms. The van der Waals surface area contributed by atoms with Crippen molar-refractivity contribution in [2.75, 3.05) is 0 Å². The molecule has 0 aliphatic rings. The Morgan fingerprint density at radius 1 is 1.38 bits per heavy atom. The zero-order valence-corrected chi connectivity index (χ0v) is 8.79. The van der Waals surface area contributed by atoms with Crippen molar-refractivity contribution in [3.63, 3.8) is 0 Å². The van der Waals surface area contributed by atoms with Gasteiger partial charge in [0.2, 0.25) is 0 Å². The second-order valence-corrected chi connectivity index (χ2v) is 3.66. The summed E-state index contributed by atoms with van der Waals surface area (Å²) in [6.45, 7) is 1.41. The van der Waals surface area contributed by atoms with E-state index in [2.05, 4.69) is 0 Å². The van der Waals surface area contributed by atoms with Crippen LogP contribution in [0, 0.1) is 0 Å². The fourth-order valence-corrected chi connectivity index (χ4v) is 1.35. The van der Waals surface area contributed by atoms with Crippen LogP contribution >= 0.6 is 0 Å². The summed E-state index contributed by atoms with van der Waals surface area (Å²) in [5, 5.41) is 36.7. The molecular weight excluding hydrogens is 212 g/mol. The Balaban J connectivity index is 3.01. The average Bonchev–Trinajstić information content (AvgIpc) is 2.16. The number of aromatic carboxylic acids is 1. The monoisotopic (exact) mass is 226 g/mol. The molecule has 16 heavy (non-hydrogen) atoms. The summed E-state index contributed by atoms with van der Waals surface area (Å²) >= 11 is 0. The quantitative estimate of drug-likeness (QED) is 0.594. The maximum Gasteiger partial charge on any atom is 0.335 e. The molecule has 2 atom stereocenters. The third kappa shape index (κ3) is 2.95. The number of carboxylic acid groups (broad SMARTS) is 1. The highest BCUT2D eigenvalue weighted by molar-refractivity contribution is 5.89. The van der Waals surface area contributed by atoms with Crippen LogP contribution in [0.25, 0.3) is 0 Å². The number of aliphatic hydroxyl groups excluding tert-OH is 2. The van der Waals surface area contributed by atoms with E-state index < -0.39 is 18.2 Å². The fourth-order valence-electron chi connectivity index (χ4n) is 1.35. The largest absolute Gasteiger partial charge is 0.508 e. The first-order valence-corrected chi connectivity index (χ1v) is 4.83.